The van der Waals surface area contributed by atoms with Gasteiger partial charge in [-0.25, -0.2) is 0 Å². The standard InChI is InChI=1S/C11H19NO3/c1-3-6-15-8-11(14)12-5-4-10(13)9(2)7-12/h9H,3-8H2,1-2H3. The number of piperidine rings is 1. The van der Waals surface area contributed by atoms with Crippen LogP contribution in [0.25, 0.3) is 0 Å². The summed E-state index contributed by atoms with van der Waals surface area (Å²) < 4.78 is 5.18. The highest BCUT2D eigenvalue weighted by atomic mass is 16.5. The van der Waals surface area contributed by atoms with E-state index in [-0.39, 0.29) is 24.2 Å². The van der Waals surface area contributed by atoms with Crippen LogP contribution in [0.15, 0.2) is 0 Å². The van der Waals surface area contributed by atoms with Crippen molar-refractivity contribution in [1.82, 2.24) is 4.90 Å². The lowest BCUT2D eigenvalue weighted by molar-refractivity contribution is -0.140. The third kappa shape index (κ3) is 3.63. The second kappa shape index (κ2) is 5.85. The highest BCUT2D eigenvalue weighted by molar-refractivity contribution is 5.85. The number of ketones is 1. The summed E-state index contributed by atoms with van der Waals surface area (Å²) in [5, 5.41) is 0. The number of likely N-dealkylation sites (tertiary alicyclic amines) is 1. The molecule has 0 aromatic rings. The van der Waals surface area contributed by atoms with Crippen molar-refractivity contribution in [3.63, 3.8) is 0 Å². The van der Waals surface area contributed by atoms with Crippen LogP contribution in [0, 0.1) is 5.92 Å². The molecule has 0 spiro atoms. The summed E-state index contributed by atoms with van der Waals surface area (Å²) in [6.07, 6.45) is 1.41. The van der Waals surface area contributed by atoms with Crippen molar-refractivity contribution in [2.75, 3.05) is 26.3 Å². The highest BCUT2D eigenvalue weighted by Gasteiger charge is 2.26. The maximum absolute atomic E-state index is 11.6. The summed E-state index contributed by atoms with van der Waals surface area (Å²) in [6.45, 7) is 5.74. The molecule has 0 N–H and O–H groups in total. The summed E-state index contributed by atoms with van der Waals surface area (Å²) in [5.41, 5.74) is 0. The van der Waals surface area contributed by atoms with E-state index in [4.69, 9.17) is 4.74 Å². The first-order chi connectivity index (χ1) is 7.15. The molecule has 15 heavy (non-hydrogen) atoms. The normalized spacial score (nSPS) is 21.9. The molecule has 0 radical (unpaired) electrons. The maximum Gasteiger partial charge on any atom is 0.248 e. The number of amides is 1. The third-order valence-corrected chi connectivity index (χ3v) is 2.60. The monoisotopic (exact) mass is 213 g/mol. The first-order valence-electron chi connectivity index (χ1n) is 5.53. The van der Waals surface area contributed by atoms with Crippen LogP contribution >= 0.6 is 0 Å². The van der Waals surface area contributed by atoms with Crippen molar-refractivity contribution >= 4 is 11.7 Å². The summed E-state index contributed by atoms with van der Waals surface area (Å²) in [7, 11) is 0. The topological polar surface area (TPSA) is 46.6 Å². The molecule has 1 aliphatic heterocycles. The number of carbonyl (C=O) groups excluding carboxylic acids is 2. The predicted molar refractivity (Wildman–Crippen MR) is 56.5 cm³/mol. The van der Waals surface area contributed by atoms with Gasteiger partial charge in [0.25, 0.3) is 0 Å². The van der Waals surface area contributed by atoms with Gasteiger partial charge in [0.15, 0.2) is 0 Å². The predicted octanol–water partition coefficient (Wildman–Crippen LogP) is 0.851. The Bertz CT molecular complexity index is 240. The molecule has 0 aliphatic carbocycles. The van der Waals surface area contributed by atoms with Crippen LogP contribution in [0.3, 0.4) is 0 Å². The van der Waals surface area contributed by atoms with E-state index in [9.17, 15) is 9.59 Å². The van der Waals surface area contributed by atoms with Crippen molar-refractivity contribution in [3.05, 3.63) is 0 Å². The Kier molecular flexibility index (Phi) is 4.75. The molecule has 4 nitrogen and oxygen atoms in total. The fourth-order valence-corrected chi connectivity index (χ4v) is 1.64. The Morgan fingerprint density at radius 1 is 1.60 bits per heavy atom. The second-order valence-electron chi connectivity index (χ2n) is 4.01. The zero-order valence-electron chi connectivity index (χ0n) is 9.49. The molecule has 0 bridgehead atoms. The summed E-state index contributed by atoms with van der Waals surface area (Å²) in [4.78, 5) is 24.6. The van der Waals surface area contributed by atoms with Crippen LogP contribution in [0.4, 0.5) is 0 Å². The minimum Gasteiger partial charge on any atom is -0.372 e. The minimum absolute atomic E-state index is 0.00259. The zero-order chi connectivity index (χ0) is 11.3. The Balaban J connectivity index is 2.31. The van der Waals surface area contributed by atoms with Gasteiger partial charge in [-0.3, -0.25) is 9.59 Å². The van der Waals surface area contributed by atoms with E-state index in [1.807, 2.05) is 13.8 Å². The molecule has 1 rings (SSSR count). The number of hydrogen-bond donors (Lipinski definition) is 0. The van der Waals surface area contributed by atoms with Crippen molar-refractivity contribution < 1.29 is 14.3 Å². The SMILES string of the molecule is CCCOCC(=O)N1CCC(=O)C(C)C1. The average Bonchev–Trinajstić information content (AvgIpc) is 2.22. The van der Waals surface area contributed by atoms with Crippen LogP contribution in [0.1, 0.15) is 26.7 Å². The summed E-state index contributed by atoms with van der Waals surface area (Å²) >= 11 is 0. The number of ether oxygens (including phenoxy) is 1. The van der Waals surface area contributed by atoms with E-state index in [0.717, 1.165) is 6.42 Å². The van der Waals surface area contributed by atoms with E-state index >= 15 is 0 Å². The van der Waals surface area contributed by atoms with Gasteiger partial charge in [0.1, 0.15) is 12.4 Å². The first-order valence-corrected chi connectivity index (χ1v) is 5.53. The lowest BCUT2D eigenvalue weighted by atomic mass is 9.99. The molecule has 1 unspecified atom stereocenters. The largest absolute Gasteiger partial charge is 0.372 e. The zero-order valence-corrected chi connectivity index (χ0v) is 9.49. The van der Waals surface area contributed by atoms with E-state index in [2.05, 4.69) is 0 Å². The van der Waals surface area contributed by atoms with Gasteiger partial charge in [0.05, 0.1) is 0 Å². The van der Waals surface area contributed by atoms with Crippen LogP contribution in [0.2, 0.25) is 0 Å². The smallest absolute Gasteiger partial charge is 0.248 e. The molecule has 0 aromatic carbocycles. The molecule has 86 valence electrons. The van der Waals surface area contributed by atoms with E-state index in [1.54, 1.807) is 4.90 Å². The summed E-state index contributed by atoms with van der Waals surface area (Å²) in [5.74, 6) is 0.241. The lowest BCUT2D eigenvalue weighted by Crippen LogP contribution is -2.44. The molecule has 1 heterocycles. The summed E-state index contributed by atoms with van der Waals surface area (Å²) in [6, 6.07) is 0. The van der Waals surface area contributed by atoms with Crippen LogP contribution in [-0.2, 0) is 14.3 Å². The van der Waals surface area contributed by atoms with Gasteiger partial charge < -0.3 is 9.64 Å². The minimum atomic E-state index is -0.0196. The molecular formula is C11H19NO3. The van der Waals surface area contributed by atoms with Crippen molar-refractivity contribution in [1.29, 1.82) is 0 Å². The van der Waals surface area contributed by atoms with Gasteiger partial charge in [-0.15, -0.1) is 0 Å². The fraction of sp³-hybridized carbons (Fsp3) is 0.818. The lowest BCUT2D eigenvalue weighted by Gasteiger charge is -2.29. The van der Waals surface area contributed by atoms with Gasteiger partial charge in [-0.2, -0.15) is 0 Å². The Labute approximate surface area is 90.6 Å². The second-order valence-corrected chi connectivity index (χ2v) is 4.01. The van der Waals surface area contributed by atoms with Crippen LogP contribution < -0.4 is 0 Å². The molecular weight excluding hydrogens is 194 g/mol. The quantitative estimate of drug-likeness (QED) is 0.650. The highest BCUT2D eigenvalue weighted by Crippen LogP contribution is 2.12. The molecule has 1 saturated heterocycles. The van der Waals surface area contributed by atoms with Crippen molar-refractivity contribution in [2.45, 2.75) is 26.7 Å². The maximum atomic E-state index is 11.6. The molecule has 1 fully saturated rings. The van der Waals surface area contributed by atoms with Gasteiger partial charge in [0, 0.05) is 32.0 Å². The molecule has 1 aliphatic rings. The average molecular weight is 213 g/mol. The third-order valence-electron chi connectivity index (χ3n) is 2.60. The van der Waals surface area contributed by atoms with Crippen molar-refractivity contribution in [3.8, 4) is 0 Å². The Morgan fingerprint density at radius 2 is 2.33 bits per heavy atom. The van der Waals surface area contributed by atoms with E-state index in [0.29, 0.717) is 26.1 Å². The Morgan fingerprint density at radius 3 is 2.93 bits per heavy atom. The number of rotatable bonds is 4. The number of carbonyl (C=O) groups is 2. The molecule has 0 aromatic heterocycles. The van der Waals surface area contributed by atoms with Gasteiger partial charge in [0.2, 0.25) is 5.91 Å². The first kappa shape index (κ1) is 12.2. The van der Waals surface area contributed by atoms with E-state index < -0.39 is 0 Å². The number of nitrogens with zero attached hydrogens (tertiary/aromatic N) is 1. The van der Waals surface area contributed by atoms with Crippen LogP contribution in [-0.4, -0.2) is 42.9 Å². The molecule has 0 saturated carbocycles. The van der Waals surface area contributed by atoms with Crippen LogP contribution in [0.5, 0.6) is 0 Å². The van der Waals surface area contributed by atoms with Gasteiger partial charge in [-0.1, -0.05) is 13.8 Å². The van der Waals surface area contributed by atoms with E-state index in [1.165, 1.54) is 0 Å². The fourth-order valence-electron chi connectivity index (χ4n) is 1.64. The molecule has 1 atom stereocenters. The van der Waals surface area contributed by atoms with Gasteiger partial charge >= 0.3 is 0 Å². The molecule has 4 heteroatoms. The van der Waals surface area contributed by atoms with Crippen molar-refractivity contribution in [2.24, 2.45) is 5.92 Å². The molecule has 1 amide bonds. The Hall–Kier alpha value is -0.900. The van der Waals surface area contributed by atoms with Gasteiger partial charge in [-0.05, 0) is 6.42 Å². The number of hydrogen-bond acceptors (Lipinski definition) is 3. The number of Topliss-reactive ketones (excluding diaryl/α,β-unsaturated/α-hetero) is 1.